The molecule has 1 aliphatic rings. The van der Waals surface area contributed by atoms with Crippen LogP contribution in [0, 0.1) is 5.41 Å². The molecule has 0 amide bonds. The van der Waals surface area contributed by atoms with Crippen LogP contribution in [0.2, 0.25) is 0 Å². The van der Waals surface area contributed by atoms with Gasteiger partial charge in [-0.25, -0.2) is 4.79 Å². The zero-order valence-corrected chi connectivity index (χ0v) is 11.1. The van der Waals surface area contributed by atoms with Crippen molar-refractivity contribution in [2.75, 3.05) is 20.2 Å². The summed E-state index contributed by atoms with van der Waals surface area (Å²) in [6.45, 7) is 1.91. The number of hydrogen-bond donors (Lipinski definition) is 1. The van der Waals surface area contributed by atoms with Crippen LogP contribution >= 0.6 is 12.4 Å². The summed E-state index contributed by atoms with van der Waals surface area (Å²) >= 11 is 0. The lowest BCUT2D eigenvalue weighted by molar-refractivity contribution is 0.0600. The predicted octanol–water partition coefficient (Wildman–Crippen LogP) is 2.32. The lowest BCUT2D eigenvalue weighted by Gasteiger charge is -2.18. The van der Waals surface area contributed by atoms with Gasteiger partial charge in [-0.3, -0.25) is 5.41 Å². The second-order valence-corrected chi connectivity index (χ2v) is 4.11. The fraction of sp³-hybridized carbons (Fsp3) is 0.385. The van der Waals surface area contributed by atoms with Crippen LogP contribution in [0.3, 0.4) is 0 Å². The van der Waals surface area contributed by atoms with E-state index in [1.165, 1.54) is 7.11 Å². The van der Waals surface area contributed by atoms with Crippen molar-refractivity contribution in [3.05, 3.63) is 35.4 Å². The van der Waals surface area contributed by atoms with Gasteiger partial charge in [0.25, 0.3) is 0 Å². The first-order chi connectivity index (χ1) is 8.22. The van der Waals surface area contributed by atoms with E-state index in [2.05, 4.69) is 9.64 Å². The Kier molecular flexibility index (Phi) is 5.16. The van der Waals surface area contributed by atoms with Crippen molar-refractivity contribution >= 4 is 24.2 Å². The number of likely N-dealkylation sites (tertiary alicyclic amines) is 1. The fourth-order valence-corrected chi connectivity index (χ4v) is 2.01. The third-order valence-electron chi connectivity index (χ3n) is 3.00. The van der Waals surface area contributed by atoms with Crippen molar-refractivity contribution in [3.8, 4) is 0 Å². The van der Waals surface area contributed by atoms with Crippen molar-refractivity contribution in [1.29, 1.82) is 5.41 Å². The molecule has 5 heteroatoms. The number of benzene rings is 1. The van der Waals surface area contributed by atoms with Crippen molar-refractivity contribution in [2.45, 2.75) is 12.8 Å². The zero-order valence-electron chi connectivity index (χ0n) is 10.3. The first kappa shape index (κ1) is 14.5. The van der Waals surface area contributed by atoms with Gasteiger partial charge in [-0.2, -0.15) is 0 Å². The van der Waals surface area contributed by atoms with Crippen molar-refractivity contribution in [3.63, 3.8) is 0 Å². The number of nitrogens with one attached hydrogen (secondary N) is 1. The standard InChI is InChI=1S/C13H16N2O2.ClH/c1-17-13(16)11-6-4-10(5-7-11)12(14)15-8-2-3-9-15;/h4-7,14H,2-3,8-9H2,1H3;1H. The van der Waals surface area contributed by atoms with Crippen molar-refractivity contribution in [2.24, 2.45) is 0 Å². The van der Waals surface area contributed by atoms with Crippen LogP contribution < -0.4 is 0 Å². The van der Waals surface area contributed by atoms with Gasteiger partial charge >= 0.3 is 5.97 Å². The van der Waals surface area contributed by atoms with E-state index >= 15 is 0 Å². The molecule has 1 aromatic rings. The van der Waals surface area contributed by atoms with E-state index in [9.17, 15) is 4.79 Å². The number of ether oxygens (including phenoxy) is 1. The molecule has 18 heavy (non-hydrogen) atoms. The maximum Gasteiger partial charge on any atom is 0.337 e. The van der Waals surface area contributed by atoms with Crippen LogP contribution in [0.25, 0.3) is 0 Å². The second-order valence-electron chi connectivity index (χ2n) is 4.11. The predicted molar refractivity (Wildman–Crippen MR) is 72.7 cm³/mol. The molecule has 2 rings (SSSR count). The molecule has 0 atom stereocenters. The number of hydrogen-bond acceptors (Lipinski definition) is 3. The van der Waals surface area contributed by atoms with Crippen LogP contribution in [-0.4, -0.2) is 36.9 Å². The minimum absolute atomic E-state index is 0. The molecule has 0 aromatic heterocycles. The van der Waals surface area contributed by atoms with E-state index in [0.29, 0.717) is 11.4 Å². The summed E-state index contributed by atoms with van der Waals surface area (Å²) in [6.07, 6.45) is 2.31. The third kappa shape index (κ3) is 3.01. The number of esters is 1. The molecule has 0 spiro atoms. The Bertz CT molecular complexity index is 425. The average molecular weight is 269 g/mol. The SMILES string of the molecule is COC(=O)c1ccc(C(=N)N2CCCC2)cc1.Cl. The Labute approximate surface area is 113 Å². The number of carbonyl (C=O) groups is 1. The van der Waals surface area contributed by atoms with E-state index in [1.807, 2.05) is 0 Å². The lowest BCUT2D eigenvalue weighted by Crippen LogP contribution is -2.27. The Balaban J connectivity index is 0.00000162. The van der Waals surface area contributed by atoms with Gasteiger partial charge in [-0.15, -0.1) is 12.4 Å². The molecule has 1 saturated heterocycles. The highest BCUT2D eigenvalue weighted by molar-refractivity contribution is 5.97. The van der Waals surface area contributed by atoms with Gasteiger partial charge in [0.15, 0.2) is 0 Å². The number of methoxy groups -OCH3 is 1. The number of carbonyl (C=O) groups excluding carboxylic acids is 1. The van der Waals surface area contributed by atoms with Gasteiger partial charge in [0.1, 0.15) is 5.84 Å². The van der Waals surface area contributed by atoms with E-state index in [1.54, 1.807) is 24.3 Å². The van der Waals surface area contributed by atoms with E-state index < -0.39 is 0 Å². The monoisotopic (exact) mass is 268 g/mol. The van der Waals surface area contributed by atoms with Crippen LogP contribution in [0.5, 0.6) is 0 Å². The zero-order chi connectivity index (χ0) is 12.3. The summed E-state index contributed by atoms with van der Waals surface area (Å²) in [5.41, 5.74) is 1.37. The van der Waals surface area contributed by atoms with Gasteiger partial charge in [0.05, 0.1) is 12.7 Å². The summed E-state index contributed by atoms with van der Waals surface area (Å²) in [6, 6.07) is 7.00. The molecule has 1 aromatic carbocycles. The second kappa shape index (κ2) is 6.40. The maximum absolute atomic E-state index is 11.3. The molecule has 4 nitrogen and oxygen atoms in total. The molecule has 1 aliphatic heterocycles. The topological polar surface area (TPSA) is 53.4 Å². The molecular formula is C13H17ClN2O2. The Hall–Kier alpha value is -1.55. The van der Waals surface area contributed by atoms with Crippen LogP contribution in [0.1, 0.15) is 28.8 Å². The van der Waals surface area contributed by atoms with Crippen LogP contribution in [-0.2, 0) is 4.74 Å². The minimum Gasteiger partial charge on any atom is -0.465 e. The van der Waals surface area contributed by atoms with Crippen LogP contribution in [0.4, 0.5) is 0 Å². The number of amidine groups is 1. The molecule has 0 bridgehead atoms. The van der Waals surface area contributed by atoms with E-state index in [4.69, 9.17) is 5.41 Å². The fourth-order valence-electron chi connectivity index (χ4n) is 2.01. The number of rotatable bonds is 2. The lowest BCUT2D eigenvalue weighted by atomic mass is 10.1. The Morgan fingerprint density at radius 1 is 1.17 bits per heavy atom. The smallest absolute Gasteiger partial charge is 0.337 e. The highest BCUT2D eigenvalue weighted by atomic mass is 35.5. The molecule has 98 valence electrons. The normalized spacial score (nSPS) is 13.9. The summed E-state index contributed by atoms with van der Waals surface area (Å²) in [7, 11) is 1.36. The molecule has 0 unspecified atom stereocenters. The molecule has 1 heterocycles. The summed E-state index contributed by atoms with van der Waals surface area (Å²) in [5.74, 6) is 0.197. The quantitative estimate of drug-likeness (QED) is 0.509. The average Bonchev–Trinajstić information content (AvgIpc) is 2.91. The largest absolute Gasteiger partial charge is 0.465 e. The maximum atomic E-state index is 11.3. The summed E-state index contributed by atoms with van der Waals surface area (Å²) < 4.78 is 4.63. The van der Waals surface area contributed by atoms with E-state index in [0.717, 1.165) is 31.5 Å². The minimum atomic E-state index is -0.343. The van der Waals surface area contributed by atoms with Gasteiger partial charge in [-0.1, -0.05) is 12.1 Å². The highest BCUT2D eigenvalue weighted by Crippen LogP contribution is 2.13. The van der Waals surface area contributed by atoms with E-state index in [-0.39, 0.29) is 18.4 Å². The van der Waals surface area contributed by atoms with Gasteiger partial charge < -0.3 is 9.64 Å². The molecule has 1 fully saturated rings. The molecule has 1 N–H and O–H groups in total. The van der Waals surface area contributed by atoms with Crippen molar-refractivity contribution < 1.29 is 9.53 Å². The summed E-state index contributed by atoms with van der Waals surface area (Å²) in [4.78, 5) is 13.3. The van der Waals surface area contributed by atoms with Gasteiger partial charge in [-0.05, 0) is 25.0 Å². The highest BCUT2D eigenvalue weighted by Gasteiger charge is 2.16. The van der Waals surface area contributed by atoms with Crippen LogP contribution in [0.15, 0.2) is 24.3 Å². The molecular weight excluding hydrogens is 252 g/mol. The van der Waals surface area contributed by atoms with Gasteiger partial charge in [0, 0.05) is 18.7 Å². The molecule has 0 radical (unpaired) electrons. The number of halogens is 1. The third-order valence-corrected chi connectivity index (χ3v) is 3.00. The first-order valence-corrected chi connectivity index (χ1v) is 5.74. The van der Waals surface area contributed by atoms with Gasteiger partial charge in [0.2, 0.25) is 0 Å². The summed E-state index contributed by atoms with van der Waals surface area (Å²) in [5, 5.41) is 8.06. The Morgan fingerprint density at radius 3 is 2.17 bits per heavy atom. The van der Waals surface area contributed by atoms with Crippen molar-refractivity contribution in [1.82, 2.24) is 4.90 Å². The molecule has 0 saturated carbocycles. The first-order valence-electron chi connectivity index (χ1n) is 5.74. The molecule has 0 aliphatic carbocycles. The Morgan fingerprint density at radius 2 is 1.67 bits per heavy atom. The number of nitrogens with zero attached hydrogens (tertiary/aromatic N) is 1.